The van der Waals surface area contributed by atoms with E-state index in [4.69, 9.17) is 9.47 Å². The van der Waals surface area contributed by atoms with Gasteiger partial charge in [-0.3, -0.25) is 0 Å². The van der Waals surface area contributed by atoms with Gasteiger partial charge in [0, 0.05) is 5.56 Å². The van der Waals surface area contributed by atoms with Gasteiger partial charge in [0.2, 0.25) is 0 Å². The molecule has 3 rings (SSSR count). The maximum absolute atomic E-state index is 5.93. The molecule has 0 aliphatic carbocycles. The molecule has 2 aromatic carbocycles. The van der Waals surface area contributed by atoms with Crippen molar-refractivity contribution in [1.29, 1.82) is 0 Å². The first kappa shape index (κ1) is 12.2. The minimum atomic E-state index is 0.283. The lowest BCUT2D eigenvalue weighted by Gasteiger charge is -2.13. The fraction of sp³-hybridized carbons (Fsp3) is 0.294. The molecule has 0 radical (unpaired) electrons. The summed E-state index contributed by atoms with van der Waals surface area (Å²) in [5.74, 6) is 0.949. The summed E-state index contributed by atoms with van der Waals surface area (Å²) in [7, 11) is 0. The molecule has 0 spiro atoms. The van der Waals surface area contributed by atoms with Gasteiger partial charge in [-0.15, -0.1) is 0 Å². The molecule has 2 aromatic rings. The predicted octanol–water partition coefficient (Wildman–Crippen LogP) is 3.75. The zero-order chi connectivity index (χ0) is 13.2. The van der Waals surface area contributed by atoms with E-state index >= 15 is 0 Å². The Balaban J connectivity index is 1.96. The lowest BCUT2D eigenvalue weighted by atomic mass is 9.99. The van der Waals surface area contributed by atoms with Crippen LogP contribution in [0.15, 0.2) is 42.5 Å². The van der Waals surface area contributed by atoms with E-state index in [-0.39, 0.29) is 6.10 Å². The van der Waals surface area contributed by atoms with Gasteiger partial charge < -0.3 is 9.47 Å². The van der Waals surface area contributed by atoms with Crippen LogP contribution in [0.3, 0.4) is 0 Å². The van der Waals surface area contributed by atoms with E-state index in [0.717, 1.165) is 17.9 Å². The van der Waals surface area contributed by atoms with Crippen LogP contribution in [-0.2, 0) is 4.74 Å². The SMILES string of the molecule is Cc1ccc(-c2ccccc2C)c(OCC2CO2)c1. The Morgan fingerprint density at radius 3 is 2.63 bits per heavy atom. The monoisotopic (exact) mass is 254 g/mol. The third-order valence-corrected chi connectivity index (χ3v) is 3.40. The van der Waals surface area contributed by atoms with Crippen LogP contribution < -0.4 is 4.74 Å². The van der Waals surface area contributed by atoms with Gasteiger partial charge in [-0.05, 0) is 36.6 Å². The normalized spacial score (nSPS) is 17.3. The van der Waals surface area contributed by atoms with Gasteiger partial charge >= 0.3 is 0 Å². The fourth-order valence-electron chi connectivity index (χ4n) is 2.19. The summed E-state index contributed by atoms with van der Waals surface area (Å²) >= 11 is 0. The highest BCUT2D eigenvalue weighted by atomic mass is 16.6. The van der Waals surface area contributed by atoms with Crippen molar-refractivity contribution in [3.63, 3.8) is 0 Å². The number of aryl methyl sites for hydroxylation is 2. The minimum Gasteiger partial charge on any atom is -0.490 e. The summed E-state index contributed by atoms with van der Waals surface area (Å²) in [6.07, 6.45) is 0.283. The van der Waals surface area contributed by atoms with Crippen molar-refractivity contribution in [1.82, 2.24) is 0 Å². The van der Waals surface area contributed by atoms with E-state index in [1.165, 1.54) is 16.7 Å². The lowest BCUT2D eigenvalue weighted by Crippen LogP contribution is -2.05. The Morgan fingerprint density at radius 2 is 1.89 bits per heavy atom. The smallest absolute Gasteiger partial charge is 0.127 e. The third-order valence-electron chi connectivity index (χ3n) is 3.40. The molecule has 1 heterocycles. The molecule has 98 valence electrons. The predicted molar refractivity (Wildman–Crippen MR) is 76.6 cm³/mol. The third kappa shape index (κ3) is 2.79. The van der Waals surface area contributed by atoms with Crippen molar-refractivity contribution in [3.05, 3.63) is 53.6 Å². The number of benzene rings is 2. The van der Waals surface area contributed by atoms with Crippen LogP contribution in [0.1, 0.15) is 11.1 Å². The second-order valence-corrected chi connectivity index (χ2v) is 5.08. The van der Waals surface area contributed by atoms with Crippen molar-refractivity contribution < 1.29 is 9.47 Å². The topological polar surface area (TPSA) is 21.8 Å². The zero-order valence-electron chi connectivity index (χ0n) is 11.3. The van der Waals surface area contributed by atoms with Crippen LogP contribution in [0.2, 0.25) is 0 Å². The molecule has 1 fully saturated rings. The molecule has 0 bridgehead atoms. The van der Waals surface area contributed by atoms with Gasteiger partial charge in [-0.25, -0.2) is 0 Å². The highest BCUT2D eigenvalue weighted by molar-refractivity contribution is 5.73. The number of hydrogen-bond donors (Lipinski definition) is 0. The molecule has 1 atom stereocenters. The second kappa shape index (κ2) is 5.06. The summed E-state index contributed by atoms with van der Waals surface area (Å²) in [4.78, 5) is 0. The minimum absolute atomic E-state index is 0.283. The molecule has 0 N–H and O–H groups in total. The molecule has 2 nitrogen and oxygen atoms in total. The average molecular weight is 254 g/mol. The molecule has 0 saturated carbocycles. The summed E-state index contributed by atoms with van der Waals surface area (Å²) in [6.45, 7) is 5.68. The first-order chi connectivity index (χ1) is 9.24. The fourth-order valence-corrected chi connectivity index (χ4v) is 2.19. The first-order valence-corrected chi connectivity index (χ1v) is 6.65. The molecule has 19 heavy (non-hydrogen) atoms. The number of hydrogen-bond acceptors (Lipinski definition) is 2. The Bertz CT molecular complexity index is 586. The molecule has 1 aliphatic heterocycles. The maximum atomic E-state index is 5.93. The summed E-state index contributed by atoms with van der Waals surface area (Å²) < 4.78 is 11.1. The summed E-state index contributed by atoms with van der Waals surface area (Å²) in [5.41, 5.74) is 4.86. The molecule has 1 saturated heterocycles. The zero-order valence-corrected chi connectivity index (χ0v) is 11.3. The van der Waals surface area contributed by atoms with Crippen LogP contribution in [-0.4, -0.2) is 19.3 Å². The van der Waals surface area contributed by atoms with Gasteiger partial charge in [0.05, 0.1) is 6.61 Å². The van der Waals surface area contributed by atoms with E-state index in [1.807, 2.05) is 0 Å². The van der Waals surface area contributed by atoms with Crippen LogP contribution in [0.5, 0.6) is 5.75 Å². The van der Waals surface area contributed by atoms with Gasteiger partial charge in [0.15, 0.2) is 0 Å². The average Bonchev–Trinajstić information content (AvgIpc) is 3.22. The van der Waals surface area contributed by atoms with Crippen molar-refractivity contribution in [2.24, 2.45) is 0 Å². The number of rotatable bonds is 4. The quantitative estimate of drug-likeness (QED) is 0.775. The molecule has 2 heteroatoms. The highest BCUT2D eigenvalue weighted by Gasteiger charge is 2.23. The van der Waals surface area contributed by atoms with Crippen LogP contribution >= 0.6 is 0 Å². The van der Waals surface area contributed by atoms with E-state index in [9.17, 15) is 0 Å². The maximum Gasteiger partial charge on any atom is 0.127 e. The number of ether oxygens (including phenoxy) is 2. The van der Waals surface area contributed by atoms with Crippen molar-refractivity contribution in [3.8, 4) is 16.9 Å². The molecular weight excluding hydrogens is 236 g/mol. The van der Waals surface area contributed by atoms with Gasteiger partial charge in [-0.1, -0.05) is 36.4 Å². The first-order valence-electron chi connectivity index (χ1n) is 6.65. The molecule has 1 unspecified atom stereocenters. The molecular formula is C17H18O2. The van der Waals surface area contributed by atoms with E-state index in [0.29, 0.717) is 6.61 Å². The molecule has 0 amide bonds. The Kier molecular flexibility index (Phi) is 3.26. The van der Waals surface area contributed by atoms with Gasteiger partial charge in [0.25, 0.3) is 0 Å². The van der Waals surface area contributed by atoms with Crippen molar-refractivity contribution in [2.45, 2.75) is 20.0 Å². The summed E-state index contributed by atoms with van der Waals surface area (Å²) in [5, 5.41) is 0. The molecule has 0 aromatic heterocycles. The van der Waals surface area contributed by atoms with Crippen LogP contribution in [0.25, 0.3) is 11.1 Å². The molecule has 1 aliphatic rings. The Labute approximate surface area is 114 Å². The second-order valence-electron chi connectivity index (χ2n) is 5.08. The van der Waals surface area contributed by atoms with E-state index in [1.54, 1.807) is 0 Å². The summed E-state index contributed by atoms with van der Waals surface area (Å²) in [6, 6.07) is 14.8. The van der Waals surface area contributed by atoms with E-state index < -0.39 is 0 Å². The van der Waals surface area contributed by atoms with Crippen LogP contribution in [0, 0.1) is 13.8 Å². The standard InChI is InChI=1S/C17H18O2/c1-12-7-8-16(15-6-4-3-5-13(15)2)17(9-12)19-11-14-10-18-14/h3-9,14H,10-11H2,1-2H3. The van der Waals surface area contributed by atoms with Crippen molar-refractivity contribution >= 4 is 0 Å². The van der Waals surface area contributed by atoms with Gasteiger partial charge in [-0.2, -0.15) is 0 Å². The Morgan fingerprint density at radius 1 is 1.11 bits per heavy atom. The Hall–Kier alpha value is -1.80. The number of epoxide rings is 1. The lowest BCUT2D eigenvalue weighted by molar-refractivity contribution is 0.264. The highest BCUT2D eigenvalue weighted by Crippen LogP contribution is 2.33. The van der Waals surface area contributed by atoms with Crippen molar-refractivity contribution in [2.75, 3.05) is 13.2 Å². The van der Waals surface area contributed by atoms with Crippen LogP contribution in [0.4, 0.5) is 0 Å². The van der Waals surface area contributed by atoms with E-state index in [2.05, 4.69) is 56.3 Å². The largest absolute Gasteiger partial charge is 0.490 e. The van der Waals surface area contributed by atoms with Gasteiger partial charge in [0.1, 0.15) is 18.5 Å².